The second-order valence-electron chi connectivity index (χ2n) is 7.15. The zero-order chi connectivity index (χ0) is 15.8. The number of nitrogens with one attached hydrogen (secondary N) is 1. The number of rotatable bonds is 7. The van der Waals surface area contributed by atoms with E-state index in [2.05, 4.69) is 11.4 Å². The zero-order valence-electron chi connectivity index (χ0n) is 14.5. The van der Waals surface area contributed by atoms with Crippen molar-refractivity contribution in [1.82, 2.24) is 5.32 Å². The van der Waals surface area contributed by atoms with Crippen LogP contribution < -0.4 is 5.32 Å². The third kappa shape index (κ3) is 4.58. The molecule has 0 saturated heterocycles. The summed E-state index contributed by atoms with van der Waals surface area (Å²) in [5, 5.41) is 3.34. The normalized spacial score (nSPS) is 22.7. The number of carbonyl (C=O) groups excluding carboxylic acids is 1. The lowest BCUT2D eigenvalue weighted by molar-refractivity contribution is -0.149. The van der Waals surface area contributed by atoms with Crippen LogP contribution in [0.3, 0.4) is 0 Å². The Bertz CT molecular complexity index is 385. The lowest BCUT2D eigenvalue weighted by Gasteiger charge is -2.34. The van der Waals surface area contributed by atoms with Gasteiger partial charge in [-0.05, 0) is 57.9 Å². The number of allylic oxidation sites excluding steroid dienone is 1. The Kier molecular flexibility index (Phi) is 6.94. The fourth-order valence-electron chi connectivity index (χ4n) is 4.15. The van der Waals surface area contributed by atoms with Gasteiger partial charge >= 0.3 is 5.97 Å². The van der Waals surface area contributed by atoms with E-state index in [0.29, 0.717) is 0 Å². The molecule has 0 radical (unpaired) electrons. The molecule has 1 fully saturated rings. The van der Waals surface area contributed by atoms with Gasteiger partial charge in [0.15, 0.2) is 0 Å². The van der Waals surface area contributed by atoms with E-state index in [0.717, 1.165) is 31.6 Å². The minimum absolute atomic E-state index is 0.0858. The molecule has 0 amide bonds. The lowest BCUT2D eigenvalue weighted by Crippen LogP contribution is -2.51. The van der Waals surface area contributed by atoms with E-state index >= 15 is 0 Å². The first kappa shape index (κ1) is 17.5. The van der Waals surface area contributed by atoms with Crippen LogP contribution in [0, 0.1) is 5.92 Å². The summed E-state index contributed by atoms with van der Waals surface area (Å²) >= 11 is 0. The number of hydrogen-bond donors (Lipinski definition) is 1. The second-order valence-corrected chi connectivity index (χ2v) is 7.15. The van der Waals surface area contributed by atoms with Crippen molar-refractivity contribution in [1.29, 1.82) is 0 Å². The molecular formula is C19H33NO2. The second kappa shape index (κ2) is 8.71. The molecule has 0 spiro atoms. The number of hydrogen-bond acceptors (Lipinski definition) is 3. The molecule has 0 bridgehead atoms. The number of ether oxygens (including phenoxy) is 1. The maximum atomic E-state index is 12.5. The molecule has 2 aliphatic rings. The molecule has 0 aromatic carbocycles. The van der Waals surface area contributed by atoms with Gasteiger partial charge in [-0.1, -0.05) is 43.8 Å². The summed E-state index contributed by atoms with van der Waals surface area (Å²) < 4.78 is 5.16. The van der Waals surface area contributed by atoms with Gasteiger partial charge < -0.3 is 10.1 Å². The predicted molar refractivity (Wildman–Crippen MR) is 90.8 cm³/mol. The van der Waals surface area contributed by atoms with Crippen molar-refractivity contribution in [3.05, 3.63) is 11.6 Å². The van der Waals surface area contributed by atoms with Gasteiger partial charge in [-0.25, -0.2) is 0 Å². The van der Waals surface area contributed by atoms with Crippen LogP contribution in [0.4, 0.5) is 0 Å². The molecule has 1 saturated carbocycles. The molecule has 1 N–H and O–H groups in total. The fraction of sp³-hybridized carbons (Fsp3) is 0.842. The maximum absolute atomic E-state index is 12.5. The van der Waals surface area contributed by atoms with Crippen LogP contribution in [0.5, 0.6) is 0 Å². The van der Waals surface area contributed by atoms with Crippen LogP contribution in [-0.4, -0.2) is 25.7 Å². The van der Waals surface area contributed by atoms with Crippen molar-refractivity contribution in [2.24, 2.45) is 5.92 Å². The van der Waals surface area contributed by atoms with E-state index in [9.17, 15) is 4.79 Å². The van der Waals surface area contributed by atoms with Crippen LogP contribution in [0.15, 0.2) is 11.6 Å². The van der Waals surface area contributed by atoms with E-state index in [1.165, 1.54) is 64.0 Å². The molecule has 2 aliphatic carbocycles. The Balaban J connectivity index is 2.02. The maximum Gasteiger partial charge on any atom is 0.326 e. The Morgan fingerprint density at radius 3 is 2.64 bits per heavy atom. The third-order valence-corrected chi connectivity index (χ3v) is 5.67. The molecular weight excluding hydrogens is 274 g/mol. The Hall–Kier alpha value is -0.830. The first-order chi connectivity index (χ1) is 10.7. The Morgan fingerprint density at radius 1 is 1.27 bits per heavy atom. The molecule has 1 unspecified atom stereocenters. The van der Waals surface area contributed by atoms with Gasteiger partial charge in [-0.15, -0.1) is 0 Å². The van der Waals surface area contributed by atoms with Gasteiger partial charge in [0.1, 0.15) is 5.54 Å². The zero-order valence-corrected chi connectivity index (χ0v) is 14.5. The van der Waals surface area contributed by atoms with Crippen LogP contribution in [0.25, 0.3) is 0 Å². The smallest absolute Gasteiger partial charge is 0.326 e. The topological polar surface area (TPSA) is 38.3 Å². The molecule has 3 heteroatoms. The first-order valence-corrected chi connectivity index (χ1v) is 9.15. The van der Waals surface area contributed by atoms with Gasteiger partial charge in [0, 0.05) is 0 Å². The highest BCUT2D eigenvalue weighted by Crippen LogP contribution is 2.34. The highest BCUT2D eigenvalue weighted by atomic mass is 16.5. The third-order valence-electron chi connectivity index (χ3n) is 5.67. The summed E-state index contributed by atoms with van der Waals surface area (Å²) in [6, 6.07) is 0. The van der Waals surface area contributed by atoms with Gasteiger partial charge in [0.2, 0.25) is 0 Å². The van der Waals surface area contributed by atoms with Crippen molar-refractivity contribution in [3.8, 4) is 0 Å². The number of esters is 1. The summed E-state index contributed by atoms with van der Waals surface area (Å²) in [5.41, 5.74) is 0.921. The SMILES string of the molecule is CNC(CCC1CCCCC1)(CC1=CCCCC1)C(=O)OC. The number of likely N-dealkylation sites (N-methyl/N-ethyl adjacent to an activating group) is 1. The monoisotopic (exact) mass is 307 g/mol. The van der Waals surface area contributed by atoms with E-state index in [1.54, 1.807) is 0 Å². The molecule has 0 aliphatic heterocycles. The van der Waals surface area contributed by atoms with Gasteiger partial charge in [-0.3, -0.25) is 4.79 Å². The molecule has 126 valence electrons. The van der Waals surface area contributed by atoms with Gasteiger partial charge in [0.05, 0.1) is 7.11 Å². The molecule has 0 aromatic rings. The van der Waals surface area contributed by atoms with Crippen molar-refractivity contribution >= 4 is 5.97 Å². The van der Waals surface area contributed by atoms with E-state index < -0.39 is 5.54 Å². The van der Waals surface area contributed by atoms with Crippen LogP contribution in [0.2, 0.25) is 0 Å². The Morgan fingerprint density at radius 2 is 2.05 bits per heavy atom. The highest BCUT2D eigenvalue weighted by molar-refractivity contribution is 5.81. The predicted octanol–water partition coefficient (Wildman–Crippen LogP) is 4.37. The van der Waals surface area contributed by atoms with Crippen molar-refractivity contribution in [2.75, 3.05) is 14.2 Å². The molecule has 0 heterocycles. The molecule has 0 aromatic heterocycles. The van der Waals surface area contributed by atoms with Gasteiger partial charge in [0.25, 0.3) is 0 Å². The summed E-state index contributed by atoms with van der Waals surface area (Å²) in [7, 11) is 3.44. The van der Waals surface area contributed by atoms with Crippen molar-refractivity contribution in [3.63, 3.8) is 0 Å². The molecule has 2 rings (SSSR count). The van der Waals surface area contributed by atoms with E-state index in [1.807, 2.05) is 7.05 Å². The van der Waals surface area contributed by atoms with Gasteiger partial charge in [-0.2, -0.15) is 0 Å². The highest BCUT2D eigenvalue weighted by Gasteiger charge is 2.39. The summed E-state index contributed by atoms with van der Waals surface area (Å²) in [6.45, 7) is 0. The van der Waals surface area contributed by atoms with Crippen molar-refractivity contribution < 1.29 is 9.53 Å². The summed E-state index contributed by atoms with van der Waals surface area (Å²) in [6.07, 6.45) is 16.9. The van der Waals surface area contributed by atoms with Crippen LogP contribution in [-0.2, 0) is 9.53 Å². The first-order valence-electron chi connectivity index (χ1n) is 9.15. The summed E-state index contributed by atoms with van der Waals surface area (Å²) in [4.78, 5) is 12.5. The molecule has 22 heavy (non-hydrogen) atoms. The minimum Gasteiger partial charge on any atom is -0.468 e. The minimum atomic E-state index is -0.518. The lowest BCUT2D eigenvalue weighted by atomic mass is 9.78. The number of methoxy groups -OCH3 is 1. The standard InChI is InChI=1S/C19H33NO2/c1-20-19(18(21)22-2,15-17-11-7-4-8-12-17)14-13-16-9-5-3-6-10-16/h11,16,20H,3-10,12-15H2,1-2H3. The Labute approximate surface area is 135 Å². The number of carbonyl (C=O) groups is 1. The quantitative estimate of drug-likeness (QED) is 0.561. The molecule has 1 atom stereocenters. The van der Waals surface area contributed by atoms with Crippen LogP contribution in [0.1, 0.15) is 77.0 Å². The fourth-order valence-corrected chi connectivity index (χ4v) is 4.15. The largest absolute Gasteiger partial charge is 0.468 e. The van der Waals surface area contributed by atoms with Crippen LogP contribution >= 0.6 is 0 Å². The van der Waals surface area contributed by atoms with E-state index in [-0.39, 0.29) is 5.97 Å². The van der Waals surface area contributed by atoms with Crippen molar-refractivity contribution in [2.45, 2.75) is 82.6 Å². The van der Waals surface area contributed by atoms with E-state index in [4.69, 9.17) is 4.74 Å². The summed E-state index contributed by atoms with van der Waals surface area (Å²) in [5.74, 6) is 0.712. The average Bonchev–Trinajstić information content (AvgIpc) is 2.59. The molecule has 3 nitrogen and oxygen atoms in total. The average molecular weight is 307 g/mol.